The van der Waals surface area contributed by atoms with Gasteiger partial charge in [0.1, 0.15) is 0 Å². The van der Waals surface area contributed by atoms with E-state index in [-0.39, 0.29) is 6.35 Å². The molecule has 0 bridgehead atoms. The van der Waals surface area contributed by atoms with Crippen LogP contribution >= 0.6 is 0 Å². The lowest BCUT2D eigenvalue weighted by Crippen LogP contribution is -2.47. The summed E-state index contributed by atoms with van der Waals surface area (Å²) in [6.45, 7) is 13.0. The molecule has 0 amide bonds. The van der Waals surface area contributed by atoms with Crippen LogP contribution in [0.1, 0.15) is 20.8 Å². The van der Waals surface area contributed by atoms with Gasteiger partial charge >= 0.3 is 0 Å². The number of hydrogen-bond acceptors (Lipinski definition) is 3. The molecule has 0 aromatic carbocycles. The van der Waals surface area contributed by atoms with E-state index in [1.807, 2.05) is 5.70 Å². The molecule has 1 N–H and O–H groups in total. The van der Waals surface area contributed by atoms with Crippen molar-refractivity contribution >= 4 is 9.76 Å². The molecule has 0 heterocycles. The Morgan fingerprint density at radius 2 is 2.08 bits per heavy atom. The van der Waals surface area contributed by atoms with Gasteiger partial charge in [-0.1, -0.05) is 26.5 Å². The minimum Gasteiger partial charge on any atom is -0.392 e. The predicted octanol–water partition coefficient (Wildman–Crippen LogP) is 0.465. The van der Waals surface area contributed by atoms with Crippen molar-refractivity contribution in [2.75, 3.05) is 19.6 Å². The van der Waals surface area contributed by atoms with E-state index in [4.69, 9.17) is 4.43 Å². The summed E-state index contributed by atoms with van der Waals surface area (Å²) < 4.78 is 5.71. The second-order valence-corrected chi connectivity index (χ2v) is 4.00. The van der Waals surface area contributed by atoms with Gasteiger partial charge in [0.05, 0.1) is 0 Å². The van der Waals surface area contributed by atoms with E-state index < -0.39 is 9.76 Å². The SMILES string of the molecule is C=C[SiH2]OC(NCC)N(CC)CC. The third-order valence-corrected chi connectivity index (χ3v) is 2.64. The van der Waals surface area contributed by atoms with Crippen molar-refractivity contribution in [3.63, 3.8) is 0 Å². The molecule has 0 aromatic rings. The molecule has 0 fully saturated rings. The molecule has 0 radical (unpaired) electrons. The van der Waals surface area contributed by atoms with Crippen LogP contribution in [-0.4, -0.2) is 40.6 Å². The van der Waals surface area contributed by atoms with Gasteiger partial charge in [-0.15, -0.1) is 6.58 Å². The Morgan fingerprint density at radius 1 is 1.46 bits per heavy atom. The van der Waals surface area contributed by atoms with E-state index in [9.17, 15) is 0 Å². The lowest BCUT2D eigenvalue weighted by atomic mass is 10.5. The maximum Gasteiger partial charge on any atom is 0.188 e. The van der Waals surface area contributed by atoms with Crippen LogP contribution in [0.3, 0.4) is 0 Å². The van der Waals surface area contributed by atoms with Crippen molar-refractivity contribution in [2.24, 2.45) is 0 Å². The Hall–Kier alpha value is -0.163. The van der Waals surface area contributed by atoms with Crippen LogP contribution in [0.25, 0.3) is 0 Å². The summed E-state index contributed by atoms with van der Waals surface area (Å²) in [6, 6.07) is 0. The molecule has 0 saturated carbocycles. The van der Waals surface area contributed by atoms with Gasteiger partial charge < -0.3 is 4.43 Å². The molecular weight excluding hydrogens is 180 g/mol. The van der Waals surface area contributed by atoms with E-state index in [2.05, 4.69) is 37.6 Å². The predicted molar refractivity (Wildman–Crippen MR) is 60.2 cm³/mol. The maximum atomic E-state index is 5.71. The second-order valence-electron chi connectivity index (χ2n) is 2.75. The Morgan fingerprint density at radius 3 is 2.46 bits per heavy atom. The zero-order valence-corrected chi connectivity index (χ0v) is 10.5. The highest BCUT2D eigenvalue weighted by atomic mass is 28.2. The first kappa shape index (κ1) is 12.8. The van der Waals surface area contributed by atoms with Crippen LogP contribution in [0, 0.1) is 0 Å². The first-order valence-corrected chi connectivity index (χ1v) is 6.39. The number of rotatable bonds is 8. The maximum absolute atomic E-state index is 5.71. The molecule has 0 aliphatic rings. The average molecular weight is 202 g/mol. The van der Waals surface area contributed by atoms with Crippen molar-refractivity contribution < 1.29 is 4.43 Å². The highest BCUT2D eigenvalue weighted by Crippen LogP contribution is 1.96. The van der Waals surface area contributed by atoms with Gasteiger partial charge in [-0.2, -0.15) is 0 Å². The first-order chi connectivity index (χ1) is 6.29. The first-order valence-electron chi connectivity index (χ1n) is 5.00. The van der Waals surface area contributed by atoms with Crippen LogP contribution < -0.4 is 5.32 Å². The van der Waals surface area contributed by atoms with E-state index in [1.165, 1.54) is 0 Å². The topological polar surface area (TPSA) is 24.5 Å². The minimum atomic E-state index is -0.548. The smallest absolute Gasteiger partial charge is 0.188 e. The van der Waals surface area contributed by atoms with Crippen molar-refractivity contribution in [1.82, 2.24) is 10.2 Å². The Balaban J connectivity index is 3.94. The van der Waals surface area contributed by atoms with E-state index in [0.29, 0.717) is 0 Å². The Kier molecular flexibility index (Phi) is 8.33. The third kappa shape index (κ3) is 5.20. The monoisotopic (exact) mass is 202 g/mol. The van der Waals surface area contributed by atoms with Crippen molar-refractivity contribution in [3.8, 4) is 0 Å². The normalized spacial score (nSPS) is 14.2. The Bertz CT molecular complexity index is 129. The van der Waals surface area contributed by atoms with Crippen LogP contribution in [0.4, 0.5) is 0 Å². The van der Waals surface area contributed by atoms with Crippen molar-refractivity contribution in [3.05, 3.63) is 12.3 Å². The molecule has 0 saturated heterocycles. The average Bonchev–Trinajstić information content (AvgIpc) is 2.16. The molecule has 13 heavy (non-hydrogen) atoms. The highest BCUT2D eigenvalue weighted by molar-refractivity contribution is 6.34. The quantitative estimate of drug-likeness (QED) is 0.457. The number of nitrogens with one attached hydrogen (secondary N) is 1. The summed E-state index contributed by atoms with van der Waals surface area (Å²) in [5.41, 5.74) is 1.91. The van der Waals surface area contributed by atoms with Gasteiger partial charge in [0, 0.05) is 0 Å². The van der Waals surface area contributed by atoms with Gasteiger partial charge in [0.25, 0.3) is 0 Å². The summed E-state index contributed by atoms with van der Waals surface area (Å²) in [6.07, 6.45) is 0.0877. The van der Waals surface area contributed by atoms with Crippen LogP contribution in [0.5, 0.6) is 0 Å². The standard InChI is InChI=1S/C9H22N2OSi/c1-5-10-9(12-13-8-4)11(6-2)7-3/h8-10H,4-7,13H2,1-3H3. The van der Waals surface area contributed by atoms with Crippen LogP contribution in [0.2, 0.25) is 0 Å². The molecule has 0 aliphatic heterocycles. The fourth-order valence-electron chi connectivity index (χ4n) is 1.18. The molecule has 1 atom stereocenters. The summed E-state index contributed by atoms with van der Waals surface area (Å²) in [5.74, 6) is 0. The molecule has 0 spiro atoms. The summed E-state index contributed by atoms with van der Waals surface area (Å²) in [5, 5.41) is 3.31. The summed E-state index contributed by atoms with van der Waals surface area (Å²) in [7, 11) is -0.548. The summed E-state index contributed by atoms with van der Waals surface area (Å²) in [4.78, 5) is 2.26. The molecule has 0 rings (SSSR count). The number of hydrogen-bond donors (Lipinski definition) is 1. The zero-order valence-electron chi connectivity index (χ0n) is 9.05. The second kappa shape index (κ2) is 8.44. The zero-order chi connectivity index (χ0) is 10.1. The number of nitrogens with zero attached hydrogens (tertiary/aromatic N) is 1. The van der Waals surface area contributed by atoms with Crippen LogP contribution in [-0.2, 0) is 4.43 Å². The Labute approximate surface area is 84.1 Å². The molecule has 78 valence electrons. The van der Waals surface area contributed by atoms with Gasteiger partial charge in [-0.3, -0.25) is 10.2 Å². The van der Waals surface area contributed by atoms with E-state index in [0.717, 1.165) is 19.6 Å². The highest BCUT2D eigenvalue weighted by Gasteiger charge is 2.12. The van der Waals surface area contributed by atoms with Crippen molar-refractivity contribution in [1.29, 1.82) is 0 Å². The third-order valence-electron chi connectivity index (χ3n) is 1.89. The van der Waals surface area contributed by atoms with E-state index >= 15 is 0 Å². The largest absolute Gasteiger partial charge is 0.392 e. The van der Waals surface area contributed by atoms with Crippen molar-refractivity contribution in [2.45, 2.75) is 27.1 Å². The molecule has 4 heteroatoms. The molecule has 0 aliphatic carbocycles. The lowest BCUT2D eigenvalue weighted by Gasteiger charge is -2.29. The van der Waals surface area contributed by atoms with Gasteiger partial charge in [0.2, 0.25) is 0 Å². The molecular formula is C9H22N2OSi. The van der Waals surface area contributed by atoms with Crippen LogP contribution in [0.15, 0.2) is 12.3 Å². The van der Waals surface area contributed by atoms with E-state index in [1.54, 1.807) is 0 Å². The van der Waals surface area contributed by atoms with Gasteiger partial charge in [-0.25, -0.2) is 0 Å². The minimum absolute atomic E-state index is 0.0877. The lowest BCUT2D eigenvalue weighted by molar-refractivity contribution is 0.0106. The molecule has 0 aromatic heterocycles. The van der Waals surface area contributed by atoms with Gasteiger partial charge in [0.15, 0.2) is 16.1 Å². The fraction of sp³-hybridized carbons (Fsp3) is 0.778. The molecule has 3 nitrogen and oxygen atoms in total. The summed E-state index contributed by atoms with van der Waals surface area (Å²) >= 11 is 0. The van der Waals surface area contributed by atoms with Gasteiger partial charge in [-0.05, 0) is 19.6 Å². The molecule has 1 unspecified atom stereocenters. The fourth-order valence-corrected chi connectivity index (χ4v) is 1.83.